The highest BCUT2D eigenvalue weighted by Crippen LogP contribution is 2.40. The monoisotopic (exact) mass is 299 g/mol. The third-order valence-electron chi connectivity index (χ3n) is 2.87. The molecule has 0 saturated carbocycles. The summed E-state index contributed by atoms with van der Waals surface area (Å²) in [7, 11) is 2.74. The molecular weight excluding hydrogens is 282 g/mol. The summed E-state index contributed by atoms with van der Waals surface area (Å²) in [5, 5.41) is 20.0. The highest BCUT2D eigenvalue weighted by Gasteiger charge is 2.30. The minimum atomic E-state index is -1.50. The maximum Gasteiger partial charge on any atom is 0.506 e. The van der Waals surface area contributed by atoms with Gasteiger partial charge >= 0.3 is 6.16 Å². The summed E-state index contributed by atoms with van der Waals surface area (Å²) in [5.74, 6) is 0.154. The van der Waals surface area contributed by atoms with Gasteiger partial charge in [-0.2, -0.15) is 0 Å². The number of rotatable bonds is 6. The van der Waals surface area contributed by atoms with E-state index in [1.165, 1.54) is 26.4 Å². The third kappa shape index (κ3) is 3.74. The van der Waals surface area contributed by atoms with Gasteiger partial charge in [-0.25, -0.2) is 4.79 Å². The number of nitro benzene ring substituents is 1. The first-order valence-corrected chi connectivity index (χ1v) is 6.11. The van der Waals surface area contributed by atoms with Gasteiger partial charge in [0.05, 0.1) is 30.8 Å². The molecule has 0 spiro atoms. The lowest BCUT2D eigenvalue weighted by molar-refractivity contribution is -0.386. The number of nitrogens with zero attached hydrogens (tertiary/aromatic N) is 1. The number of carboxylic acid groups (broad SMARTS) is 1. The van der Waals surface area contributed by atoms with E-state index in [0.29, 0.717) is 0 Å². The van der Waals surface area contributed by atoms with Crippen molar-refractivity contribution in [2.45, 2.75) is 20.0 Å². The molecule has 116 valence electrons. The second kappa shape index (κ2) is 6.78. The van der Waals surface area contributed by atoms with E-state index in [1.54, 1.807) is 13.8 Å². The molecule has 8 nitrogen and oxygen atoms in total. The molecule has 0 radical (unpaired) electrons. The van der Waals surface area contributed by atoms with Crippen molar-refractivity contribution in [3.63, 3.8) is 0 Å². The Kier molecular flexibility index (Phi) is 5.34. The van der Waals surface area contributed by atoms with Crippen LogP contribution in [-0.4, -0.2) is 30.4 Å². The second-order valence-electron chi connectivity index (χ2n) is 4.57. The minimum absolute atomic E-state index is 0.120. The maximum absolute atomic E-state index is 11.2. The van der Waals surface area contributed by atoms with Crippen LogP contribution < -0.4 is 9.47 Å². The van der Waals surface area contributed by atoms with Crippen molar-refractivity contribution in [1.82, 2.24) is 0 Å². The van der Waals surface area contributed by atoms with E-state index >= 15 is 0 Å². The zero-order chi connectivity index (χ0) is 16.2. The normalized spacial score (nSPS) is 11.9. The fraction of sp³-hybridized carbons (Fsp3) is 0.462. The molecule has 0 amide bonds. The Morgan fingerprint density at radius 1 is 1.24 bits per heavy atom. The van der Waals surface area contributed by atoms with Gasteiger partial charge in [-0.3, -0.25) is 10.1 Å². The number of hydrogen-bond donors (Lipinski definition) is 1. The van der Waals surface area contributed by atoms with Crippen molar-refractivity contribution >= 4 is 11.8 Å². The molecule has 0 fully saturated rings. The zero-order valence-electron chi connectivity index (χ0n) is 12.2. The Balaban J connectivity index is 3.49. The van der Waals surface area contributed by atoms with E-state index < -0.39 is 17.2 Å². The summed E-state index contributed by atoms with van der Waals surface area (Å²) in [4.78, 5) is 21.4. The smallest absolute Gasteiger partial charge is 0.493 e. The van der Waals surface area contributed by atoms with Crippen LogP contribution in [0.25, 0.3) is 0 Å². The molecule has 0 aliphatic carbocycles. The number of nitro groups is 1. The highest BCUT2D eigenvalue weighted by molar-refractivity contribution is 5.60. The van der Waals surface area contributed by atoms with Gasteiger partial charge in [0.1, 0.15) is 6.10 Å². The molecule has 1 N–H and O–H groups in total. The summed E-state index contributed by atoms with van der Waals surface area (Å²) >= 11 is 0. The molecule has 0 heterocycles. The van der Waals surface area contributed by atoms with E-state index in [0.717, 1.165) is 0 Å². The van der Waals surface area contributed by atoms with Crippen molar-refractivity contribution in [3.8, 4) is 11.5 Å². The van der Waals surface area contributed by atoms with E-state index in [4.69, 9.17) is 19.3 Å². The largest absolute Gasteiger partial charge is 0.506 e. The number of carbonyl (C=O) groups is 1. The quantitative estimate of drug-likeness (QED) is 0.488. The highest BCUT2D eigenvalue weighted by atomic mass is 16.7. The fourth-order valence-corrected chi connectivity index (χ4v) is 1.94. The van der Waals surface area contributed by atoms with Gasteiger partial charge < -0.3 is 19.3 Å². The molecule has 1 unspecified atom stereocenters. The number of ether oxygens (including phenoxy) is 3. The Hall–Kier alpha value is -2.51. The molecule has 1 atom stereocenters. The van der Waals surface area contributed by atoms with Crippen LogP contribution >= 0.6 is 0 Å². The van der Waals surface area contributed by atoms with Gasteiger partial charge in [-0.15, -0.1) is 0 Å². The van der Waals surface area contributed by atoms with Crippen LogP contribution in [0.5, 0.6) is 11.5 Å². The zero-order valence-corrected chi connectivity index (χ0v) is 12.2. The molecule has 21 heavy (non-hydrogen) atoms. The maximum atomic E-state index is 11.2. The first-order chi connectivity index (χ1) is 9.81. The Bertz CT molecular complexity index is 542. The predicted molar refractivity (Wildman–Crippen MR) is 72.9 cm³/mol. The average Bonchev–Trinajstić information content (AvgIpc) is 2.42. The van der Waals surface area contributed by atoms with Gasteiger partial charge in [-0.1, -0.05) is 13.8 Å². The first-order valence-electron chi connectivity index (χ1n) is 6.11. The van der Waals surface area contributed by atoms with Crippen LogP contribution in [-0.2, 0) is 4.74 Å². The molecule has 1 aromatic carbocycles. The first kappa shape index (κ1) is 16.5. The van der Waals surface area contributed by atoms with Crippen molar-refractivity contribution in [2.75, 3.05) is 14.2 Å². The Morgan fingerprint density at radius 2 is 1.76 bits per heavy atom. The summed E-state index contributed by atoms with van der Waals surface area (Å²) in [6.07, 6.45) is -2.49. The van der Waals surface area contributed by atoms with Gasteiger partial charge in [-0.05, 0) is 12.0 Å². The van der Waals surface area contributed by atoms with Crippen LogP contribution in [0.1, 0.15) is 25.5 Å². The number of benzene rings is 1. The molecular formula is C13H17NO7. The number of hydrogen-bond acceptors (Lipinski definition) is 6. The lowest BCUT2D eigenvalue weighted by Gasteiger charge is -2.21. The molecule has 1 rings (SSSR count). The summed E-state index contributed by atoms with van der Waals surface area (Å²) < 4.78 is 14.9. The van der Waals surface area contributed by atoms with Gasteiger partial charge in [0.25, 0.3) is 5.69 Å². The lowest BCUT2D eigenvalue weighted by Crippen LogP contribution is -2.16. The standard InChI is InChI=1S/C13H17NO7/c1-7(2)12(21-13(15)16)8-5-10(19-3)11(20-4)6-9(8)14(17)18/h5-7,12H,1-4H3,(H,15,16). The molecule has 8 heteroatoms. The van der Waals surface area contributed by atoms with E-state index in [-0.39, 0.29) is 28.7 Å². The second-order valence-corrected chi connectivity index (χ2v) is 4.57. The van der Waals surface area contributed by atoms with Crippen LogP contribution in [0.2, 0.25) is 0 Å². The SMILES string of the molecule is COc1cc(C(OC(=O)O)C(C)C)c([N+](=O)[O-])cc1OC. The molecule has 0 aliphatic rings. The lowest BCUT2D eigenvalue weighted by atomic mass is 9.96. The van der Waals surface area contributed by atoms with Gasteiger partial charge in [0.2, 0.25) is 0 Å². The average molecular weight is 299 g/mol. The fourth-order valence-electron chi connectivity index (χ4n) is 1.94. The summed E-state index contributed by atoms with van der Waals surface area (Å²) in [5.41, 5.74) is -0.164. The summed E-state index contributed by atoms with van der Waals surface area (Å²) in [6, 6.07) is 2.55. The van der Waals surface area contributed by atoms with Crippen LogP contribution in [0, 0.1) is 16.0 Å². The topological polar surface area (TPSA) is 108 Å². The minimum Gasteiger partial charge on any atom is -0.493 e. The van der Waals surface area contributed by atoms with Crippen molar-refractivity contribution < 1.29 is 29.0 Å². The Labute approximate surface area is 121 Å². The van der Waals surface area contributed by atoms with Crippen LogP contribution in [0.3, 0.4) is 0 Å². The molecule has 0 saturated heterocycles. The third-order valence-corrected chi connectivity index (χ3v) is 2.87. The molecule has 1 aromatic rings. The van der Waals surface area contributed by atoms with E-state index in [1.807, 2.05) is 0 Å². The Morgan fingerprint density at radius 3 is 2.14 bits per heavy atom. The predicted octanol–water partition coefficient (Wildman–Crippen LogP) is 3.00. The van der Waals surface area contributed by atoms with Gasteiger partial charge in [0, 0.05) is 0 Å². The van der Waals surface area contributed by atoms with Crippen molar-refractivity contribution in [3.05, 3.63) is 27.8 Å². The molecule has 0 aliphatic heterocycles. The van der Waals surface area contributed by atoms with Crippen molar-refractivity contribution in [2.24, 2.45) is 5.92 Å². The molecule has 0 bridgehead atoms. The number of methoxy groups -OCH3 is 2. The molecule has 0 aromatic heterocycles. The summed E-state index contributed by atoms with van der Waals surface area (Å²) in [6.45, 7) is 3.40. The van der Waals surface area contributed by atoms with Crippen molar-refractivity contribution in [1.29, 1.82) is 0 Å². The van der Waals surface area contributed by atoms with Crippen LogP contribution in [0.15, 0.2) is 12.1 Å². The van der Waals surface area contributed by atoms with Crippen LogP contribution in [0.4, 0.5) is 10.5 Å². The van der Waals surface area contributed by atoms with E-state index in [2.05, 4.69) is 0 Å². The van der Waals surface area contributed by atoms with Gasteiger partial charge in [0.15, 0.2) is 11.5 Å². The van der Waals surface area contributed by atoms with E-state index in [9.17, 15) is 14.9 Å².